The average Bonchev–Trinajstić information content (AvgIpc) is 3.54. The van der Waals surface area contributed by atoms with E-state index in [0.29, 0.717) is 18.8 Å². The molecule has 1 spiro atoms. The van der Waals surface area contributed by atoms with Crippen LogP contribution in [0, 0.1) is 0 Å². The number of nitrogens with zero attached hydrogens (tertiary/aromatic N) is 4. The number of anilines is 1. The lowest BCUT2D eigenvalue weighted by Gasteiger charge is -2.33. The number of rotatable bonds is 2. The van der Waals surface area contributed by atoms with E-state index in [4.69, 9.17) is 0 Å². The molecule has 31 heavy (non-hydrogen) atoms. The van der Waals surface area contributed by atoms with Crippen LogP contribution in [0.1, 0.15) is 34.5 Å². The number of carbonyl (C=O) groups excluding carboxylic acids is 2. The fourth-order valence-corrected chi connectivity index (χ4v) is 5.09. The lowest BCUT2D eigenvalue weighted by Crippen LogP contribution is -2.44. The van der Waals surface area contributed by atoms with Gasteiger partial charge in [-0.05, 0) is 30.2 Å². The number of aromatic amines is 1. The second-order valence-electron chi connectivity index (χ2n) is 8.12. The van der Waals surface area contributed by atoms with Crippen molar-refractivity contribution in [2.45, 2.75) is 17.9 Å². The van der Waals surface area contributed by atoms with Crippen LogP contribution in [0.5, 0.6) is 0 Å². The van der Waals surface area contributed by atoms with E-state index in [2.05, 4.69) is 20.3 Å². The van der Waals surface area contributed by atoms with E-state index in [9.17, 15) is 9.59 Å². The van der Waals surface area contributed by atoms with Gasteiger partial charge in [-0.3, -0.25) is 9.59 Å². The summed E-state index contributed by atoms with van der Waals surface area (Å²) >= 11 is 0. The van der Waals surface area contributed by atoms with Crippen molar-refractivity contribution in [3.8, 4) is 0 Å². The Morgan fingerprint density at radius 2 is 1.97 bits per heavy atom. The first-order valence-electron chi connectivity index (χ1n) is 10.2. The molecule has 4 heterocycles. The summed E-state index contributed by atoms with van der Waals surface area (Å²) in [5.41, 5.74) is 2.35. The van der Waals surface area contributed by atoms with Gasteiger partial charge in [0, 0.05) is 31.7 Å². The summed E-state index contributed by atoms with van der Waals surface area (Å²) in [6.07, 6.45) is 4.05. The van der Waals surface area contributed by atoms with E-state index in [1.54, 1.807) is 11.1 Å². The number of nitrogens with one attached hydrogen (secondary N) is 2. The molecular weight excluding hydrogens is 392 g/mol. The summed E-state index contributed by atoms with van der Waals surface area (Å²) in [6, 6.07) is 14.7. The Balaban J connectivity index is 1.51. The first kappa shape index (κ1) is 17.9. The van der Waals surface area contributed by atoms with Crippen molar-refractivity contribution in [3.05, 3.63) is 78.1 Å². The molecule has 0 radical (unpaired) electrons. The standard InChI is InChI=1S/C23H20N6O2/c1-28-13-11-24-20(28)18-23(14-6-2-3-7-15(14)27-22(23)31)10-12-29(18)21(30)19-25-16-8-4-5-9-17(16)26-19/h2-9,11,13,18H,10,12H2,1H3,(H,25,26)(H,27,31). The predicted octanol–water partition coefficient (Wildman–Crippen LogP) is 2.77. The SMILES string of the molecule is Cn1ccnc1C1N(C(=O)c2nc3ccccc3[nH]2)CCC12C(=O)Nc1ccccc12. The fraction of sp³-hybridized carbons (Fsp3) is 0.217. The van der Waals surface area contributed by atoms with Crippen LogP contribution in [-0.4, -0.2) is 42.8 Å². The number of aryl methyl sites for hydroxylation is 1. The number of carbonyl (C=O) groups is 2. The third kappa shape index (κ3) is 2.35. The smallest absolute Gasteiger partial charge is 0.290 e. The normalized spacial score (nSPS) is 22.3. The van der Waals surface area contributed by atoms with E-state index in [1.807, 2.05) is 66.3 Å². The van der Waals surface area contributed by atoms with Crippen LogP contribution in [0.4, 0.5) is 5.69 Å². The maximum atomic E-state index is 13.7. The molecule has 154 valence electrons. The number of H-pyrrole nitrogens is 1. The van der Waals surface area contributed by atoms with Crippen molar-refractivity contribution in [3.63, 3.8) is 0 Å². The van der Waals surface area contributed by atoms with E-state index in [1.165, 1.54) is 0 Å². The molecule has 2 atom stereocenters. The second-order valence-corrected chi connectivity index (χ2v) is 8.12. The summed E-state index contributed by atoms with van der Waals surface area (Å²) in [5, 5.41) is 3.02. The number of hydrogen-bond donors (Lipinski definition) is 2. The number of fused-ring (bicyclic) bond motifs is 3. The number of imidazole rings is 2. The zero-order valence-corrected chi connectivity index (χ0v) is 16.9. The van der Waals surface area contributed by atoms with Crippen LogP contribution in [0.2, 0.25) is 0 Å². The first-order chi connectivity index (χ1) is 15.1. The molecule has 1 saturated heterocycles. The molecule has 2 amide bonds. The average molecular weight is 412 g/mol. The number of amides is 2. The van der Waals surface area contributed by atoms with Gasteiger partial charge in [-0.2, -0.15) is 0 Å². The van der Waals surface area contributed by atoms with Gasteiger partial charge >= 0.3 is 0 Å². The lowest BCUT2D eigenvalue weighted by molar-refractivity contribution is -0.121. The van der Waals surface area contributed by atoms with Crippen LogP contribution < -0.4 is 5.32 Å². The number of para-hydroxylation sites is 3. The maximum absolute atomic E-state index is 13.7. The van der Waals surface area contributed by atoms with Crippen molar-refractivity contribution >= 4 is 28.5 Å². The van der Waals surface area contributed by atoms with Crippen molar-refractivity contribution in [1.82, 2.24) is 24.4 Å². The highest BCUT2D eigenvalue weighted by molar-refractivity contribution is 6.08. The quantitative estimate of drug-likeness (QED) is 0.529. The van der Waals surface area contributed by atoms with Gasteiger partial charge in [0.25, 0.3) is 5.91 Å². The third-order valence-corrected chi connectivity index (χ3v) is 6.54. The molecule has 2 unspecified atom stereocenters. The zero-order valence-electron chi connectivity index (χ0n) is 16.9. The number of aromatic nitrogens is 4. The van der Waals surface area contributed by atoms with Gasteiger partial charge in [-0.25, -0.2) is 9.97 Å². The molecular formula is C23H20N6O2. The van der Waals surface area contributed by atoms with E-state index < -0.39 is 11.5 Å². The molecule has 8 nitrogen and oxygen atoms in total. The molecule has 4 aromatic rings. The highest BCUT2D eigenvalue weighted by Crippen LogP contribution is 2.54. The molecule has 2 N–H and O–H groups in total. The summed E-state index contributed by atoms with van der Waals surface area (Å²) in [6.45, 7) is 0.426. The van der Waals surface area contributed by atoms with Gasteiger partial charge in [0.15, 0.2) is 5.82 Å². The van der Waals surface area contributed by atoms with Crippen LogP contribution >= 0.6 is 0 Å². The van der Waals surface area contributed by atoms with E-state index >= 15 is 0 Å². The Bertz CT molecular complexity index is 1320. The third-order valence-electron chi connectivity index (χ3n) is 6.54. The van der Waals surface area contributed by atoms with E-state index in [-0.39, 0.29) is 17.6 Å². The highest BCUT2D eigenvalue weighted by atomic mass is 16.2. The lowest BCUT2D eigenvalue weighted by atomic mass is 9.74. The maximum Gasteiger partial charge on any atom is 0.290 e. The molecule has 8 heteroatoms. The van der Waals surface area contributed by atoms with Crippen molar-refractivity contribution in [1.29, 1.82) is 0 Å². The van der Waals surface area contributed by atoms with Crippen molar-refractivity contribution in [2.24, 2.45) is 7.05 Å². The van der Waals surface area contributed by atoms with Gasteiger partial charge in [-0.1, -0.05) is 30.3 Å². The second kappa shape index (κ2) is 6.28. The number of hydrogen-bond acceptors (Lipinski definition) is 4. The Labute approximate surface area is 177 Å². The summed E-state index contributed by atoms with van der Waals surface area (Å²) in [7, 11) is 1.89. The molecule has 2 aromatic carbocycles. The summed E-state index contributed by atoms with van der Waals surface area (Å²) in [5.74, 6) is 0.609. The Kier molecular flexibility index (Phi) is 3.62. The Hall–Kier alpha value is -3.94. The van der Waals surface area contributed by atoms with Crippen LogP contribution in [0.3, 0.4) is 0 Å². The number of likely N-dealkylation sites (tertiary alicyclic amines) is 1. The fourth-order valence-electron chi connectivity index (χ4n) is 5.09. The summed E-state index contributed by atoms with van der Waals surface area (Å²) in [4.78, 5) is 41.0. The monoisotopic (exact) mass is 412 g/mol. The Morgan fingerprint density at radius 3 is 2.77 bits per heavy atom. The number of benzene rings is 2. The molecule has 0 saturated carbocycles. The first-order valence-corrected chi connectivity index (χ1v) is 10.2. The largest absolute Gasteiger partial charge is 0.336 e. The molecule has 6 rings (SSSR count). The van der Waals surface area contributed by atoms with Crippen LogP contribution in [-0.2, 0) is 17.3 Å². The minimum atomic E-state index is -0.891. The molecule has 1 fully saturated rings. The summed E-state index contributed by atoms with van der Waals surface area (Å²) < 4.78 is 1.88. The minimum absolute atomic E-state index is 0.0957. The predicted molar refractivity (Wildman–Crippen MR) is 114 cm³/mol. The van der Waals surface area contributed by atoms with Crippen molar-refractivity contribution in [2.75, 3.05) is 11.9 Å². The topological polar surface area (TPSA) is 95.9 Å². The molecule has 2 aliphatic heterocycles. The van der Waals surface area contributed by atoms with Gasteiger partial charge < -0.3 is 19.8 Å². The Morgan fingerprint density at radius 1 is 1.16 bits per heavy atom. The zero-order chi connectivity index (χ0) is 21.2. The molecule has 0 bridgehead atoms. The van der Waals surface area contributed by atoms with Crippen molar-refractivity contribution < 1.29 is 9.59 Å². The molecule has 0 aliphatic carbocycles. The minimum Gasteiger partial charge on any atom is -0.336 e. The van der Waals surface area contributed by atoms with Gasteiger partial charge in [0.2, 0.25) is 5.91 Å². The van der Waals surface area contributed by atoms with Crippen LogP contribution in [0.25, 0.3) is 11.0 Å². The van der Waals surface area contributed by atoms with Gasteiger partial charge in [0.05, 0.1) is 11.0 Å². The van der Waals surface area contributed by atoms with E-state index in [0.717, 1.165) is 22.3 Å². The van der Waals surface area contributed by atoms with Gasteiger partial charge in [0.1, 0.15) is 17.3 Å². The van der Waals surface area contributed by atoms with Gasteiger partial charge in [-0.15, -0.1) is 0 Å². The highest BCUT2D eigenvalue weighted by Gasteiger charge is 2.60. The molecule has 2 aromatic heterocycles. The molecule has 2 aliphatic rings. The van der Waals surface area contributed by atoms with Crippen LogP contribution in [0.15, 0.2) is 60.9 Å².